The molecule has 1 unspecified atom stereocenters. The number of nitrogens with zero attached hydrogens (tertiary/aromatic N) is 1. The van der Waals surface area contributed by atoms with E-state index in [4.69, 9.17) is 4.74 Å². The van der Waals surface area contributed by atoms with Gasteiger partial charge in [0.15, 0.2) is 5.78 Å². The van der Waals surface area contributed by atoms with E-state index in [1.54, 1.807) is 17.0 Å². The van der Waals surface area contributed by atoms with Crippen LogP contribution in [-0.2, 0) is 9.53 Å². The SMILES string of the molecule is O=C(c1ccc(N2CCCC2=O)cc1)C1CCCCO1. The molecule has 0 bridgehead atoms. The molecule has 0 saturated carbocycles. The maximum Gasteiger partial charge on any atom is 0.227 e. The number of Topliss-reactive ketones (excluding diaryl/α,β-unsaturated/α-hetero) is 1. The Hall–Kier alpha value is -1.68. The van der Waals surface area contributed by atoms with Gasteiger partial charge in [0.2, 0.25) is 5.91 Å². The predicted octanol–water partition coefficient (Wildman–Crippen LogP) is 2.57. The van der Waals surface area contributed by atoms with Gasteiger partial charge in [-0.25, -0.2) is 0 Å². The summed E-state index contributed by atoms with van der Waals surface area (Å²) in [6.07, 6.45) is 4.15. The van der Waals surface area contributed by atoms with Gasteiger partial charge >= 0.3 is 0 Å². The van der Waals surface area contributed by atoms with E-state index in [0.29, 0.717) is 18.6 Å². The number of hydrogen-bond donors (Lipinski definition) is 0. The van der Waals surface area contributed by atoms with Crippen molar-refractivity contribution in [3.8, 4) is 0 Å². The average Bonchev–Trinajstić information content (AvgIpc) is 2.94. The Morgan fingerprint density at radius 1 is 1.15 bits per heavy atom. The zero-order chi connectivity index (χ0) is 13.9. The molecule has 0 N–H and O–H groups in total. The van der Waals surface area contributed by atoms with E-state index >= 15 is 0 Å². The molecule has 1 atom stereocenters. The lowest BCUT2D eigenvalue weighted by Gasteiger charge is -2.21. The quantitative estimate of drug-likeness (QED) is 0.795. The van der Waals surface area contributed by atoms with Crippen molar-refractivity contribution in [1.29, 1.82) is 0 Å². The topological polar surface area (TPSA) is 46.6 Å². The van der Waals surface area contributed by atoms with E-state index < -0.39 is 0 Å². The Morgan fingerprint density at radius 3 is 2.55 bits per heavy atom. The maximum absolute atomic E-state index is 12.3. The first-order valence-corrected chi connectivity index (χ1v) is 7.32. The summed E-state index contributed by atoms with van der Waals surface area (Å²) in [7, 11) is 0. The van der Waals surface area contributed by atoms with Gasteiger partial charge in [0.05, 0.1) is 0 Å². The number of amides is 1. The number of carbonyl (C=O) groups excluding carboxylic acids is 2. The largest absolute Gasteiger partial charge is 0.370 e. The van der Waals surface area contributed by atoms with Crippen LogP contribution >= 0.6 is 0 Å². The van der Waals surface area contributed by atoms with Crippen LogP contribution in [0.1, 0.15) is 42.5 Å². The van der Waals surface area contributed by atoms with Gasteiger partial charge in [-0.1, -0.05) is 0 Å². The molecule has 0 radical (unpaired) electrons. The monoisotopic (exact) mass is 273 g/mol. The highest BCUT2D eigenvalue weighted by Crippen LogP contribution is 2.23. The Labute approximate surface area is 118 Å². The van der Waals surface area contributed by atoms with E-state index in [0.717, 1.165) is 37.9 Å². The van der Waals surface area contributed by atoms with Gasteiger partial charge in [-0.3, -0.25) is 9.59 Å². The highest BCUT2D eigenvalue weighted by atomic mass is 16.5. The molecule has 3 rings (SSSR count). The number of hydrogen-bond acceptors (Lipinski definition) is 3. The molecule has 2 heterocycles. The fourth-order valence-corrected chi connectivity index (χ4v) is 2.86. The second kappa shape index (κ2) is 5.75. The van der Waals surface area contributed by atoms with Crippen molar-refractivity contribution in [2.75, 3.05) is 18.1 Å². The Morgan fingerprint density at radius 2 is 1.95 bits per heavy atom. The Balaban J connectivity index is 1.72. The second-order valence-electron chi connectivity index (χ2n) is 5.42. The number of anilines is 1. The summed E-state index contributed by atoms with van der Waals surface area (Å²) in [6, 6.07) is 7.33. The lowest BCUT2D eigenvalue weighted by atomic mass is 9.99. The van der Waals surface area contributed by atoms with E-state index in [2.05, 4.69) is 0 Å². The smallest absolute Gasteiger partial charge is 0.227 e. The van der Waals surface area contributed by atoms with Crippen LogP contribution in [0.2, 0.25) is 0 Å². The van der Waals surface area contributed by atoms with Gasteiger partial charge in [-0.2, -0.15) is 0 Å². The number of carbonyl (C=O) groups is 2. The van der Waals surface area contributed by atoms with Gasteiger partial charge in [0, 0.05) is 30.8 Å². The van der Waals surface area contributed by atoms with E-state index in [1.165, 1.54) is 0 Å². The lowest BCUT2D eigenvalue weighted by molar-refractivity contribution is -0.117. The summed E-state index contributed by atoms with van der Waals surface area (Å²) in [5.74, 6) is 0.226. The molecule has 2 saturated heterocycles. The van der Waals surface area contributed by atoms with Crippen LogP contribution in [0.15, 0.2) is 24.3 Å². The Kier molecular flexibility index (Phi) is 3.83. The first kappa shape index (κ1) is 13.3. The van der Waals surface area contributed by atoms with Gasteiger partial charge in [0.1, 0.15) is 6.10 Å². The van der Waals surface area contributed by atoms with Crippen molar-refractivity contribution in [2.45, 2.75) is 38.2 Å². The van der Waals surface area contributed by atoms with Gasteiger partial charge in [0.25, 0.3) is 0 Å². The predicted molar refractivity (Wildman–Crippen MR) is 76.0 cm³/mol. The molecule has 2 aliphatic heterocycles. The zero-order valence-electron chi connectivity index (χ0n) is 11.5. The van der Waals surface area contributed by atoms with E-state index in [9.17, 15) is 9.59 Å². The molecular weight excluding hydrogens is 254 g/mol. The molecule has 0 spiro atoms. The summed E-state index contributed by atoms with van der Waals surface area (Å²) >= 11 is 0. The highest BCUT2D eigenvalue weighted by Gasteiger charge is 2.24. The van der Waals surface area contributed by atoms with Crippen molar-refractivity contribution >= 4 is 17.4 Å². The van der Waals surface area contributed by atoms with Crippen LogP contribution < -0.4 is 4.90 Å². The minimum absolute atomic E-state index is 0.0593. The summed E-state index contributed by atoms with van der Waals surface area (Å²) in [5.41, 5.74) is 1.56. The van der Waals surface area contributed by atoms with Crippen LogP contribution in [0.4, 0.5) is 5.69 Å². The van der Waals surface area contributed by atoms with Crippen molar-refractivity contribution in [1.82, 2.24) is 0 Å². The van der Waals surface area contributed by atoms with E-state index in [-0.39, 0.29) is 17.8 Å². The van der Waals surface area contributed by atoms with Gasteiger partial charge in [-0.15, -0.1) is 0 Å². The number of rotatable bonds is 3. The first-order valence-electron chi connectivity index (χ1n) is 7.32. The molecule has 1 aromatic rings. The molecule has 1 amide bonds. The van der Waals surface area contributed by atoms with Crippen LogP contribution in [0.5, 0.6) is 0 Å². The van der Waals surface area contributed by atoms with Gasteiger partial charge < -0.3 is 9.64 Å². The molecular formula is C16H19NO3. The van der Waals surface area contributed by atoms with Crippen LogP contribution in [0, 0.1) is 0 Å². The lowest BCUT2D eigenvalue weighted by Crippen LogP contribution is -2.28. The van der Waals surface area contributed by atoms with Crippen LogP contribution in [-0.4, -0.2) is 30.9 Å². The van der Waals surface area contributed by atoms with Crippen molar-refractivity contribution in [3.63, 3.8) is 0 Å². The number of ketones is 1. The standard InChI is InChI=1S/C16H19NO3/c18-15-5-3-10-17(15)13-8-6-12(7-9-13)16(19)14-4-1-2-11-20-14/h6-9,14H,1-5,10-11H2. The third-order valence-electron chi connectivity index (χ3n) is 4.01. The van der Waals surface area contributed by atoms with Crippen molar-refractivity contribution in [3.05, 3.63) is 29.8 Å². The van der Waals surface area contributed by atoms with E-state index in [1.807, 2.05) is 12.1 Å². The first-order chi connectivity index (χ1) is 9.75. The summed E-state index contributed by atoms with van der Waals surface area (Å²) < 4.78 is 5.53. The molecule has 4 nitrogen and oxygen atoms in total. The van der Waals surface area contributed by atoms with Crippen molar-refractivity contribution < 1.29 is 14.3 Å². The van der Waals surface area contributed by atoms with Crippen molar-refractivity contribution in [2.24, 2.45) is 0 Å². The third-order valence-corrected chi connectivity index (χ3v) is 4.01. The third kappa shape index (κ3) is 2.61. The minimum Gasteiger partial charge on any atom is -0.370 e. The fourth-order valence-electron chi connectivity index (χ4n) is 2.86. The molecule has 106 valence electrons. The van der Waals surface area contributed by atoms with Crippen LogP contribution in [0.3, 0.4) is 0 Å². The molecule has 4 heteroatoms. The molecule has 2 fully saturated rings. The summed E-state index contributed by atoms with van der Waals surface area (Å²) in [4.78, 5) is 25.8. The molecule has 2 aliphatic rings. The molecule has 0 aliphatic carbocycles. The van der Waals surface area contributed by atoms with Crippen LogP contribution in [0.25, 0.3) is 0 Å². The molecule has 20 heavy (non-hydrogen) atoms. The maximum atomic E-state index is 12.3. The molecule has 1 aromatic carbocycles. The Bertz CT molecular complexity index is 503. The minimum atomic E-state index is -0.289. The highest BCUT2D eigenvalue weighted by molar-refractivity contribution is 6.00. The second-order valence-corrected chi connectivity index (χ2v) is 5.42. The number of benzene rings is 1. The average molecular weight is 273 g/mol. The summed E-state index contributed by atoms with van der Waals surface area (Å²) in [5, 5.41) is 0. The normalized spacial score (nSPS) is 23.1. The summed E-state index contributed by atoms with van der Waals surface area (Å²) in [6.45, 7) is 1.45. The molecule has 0 aromatic heterocycles. The zero-order valence-corrected chi connectivity index (χ0v) is 11.5. The number of ether oxygens (including phenoxy) is 1. The fraction of sp³-hybridized carbons (Fsp3) is 0.500. The van der Waals surface area contributed by atoms with Gasteiger partial charge in [-0.05, 0) is 49.9 Å².